The zero-order valence-corrected chi connectivity index (χ0v) is 7.20. The molecule has 1 aromatic carbocycles. The van der Waals surface area contributed by atoms with Crippen LogP contribution in [0.2, 0.25) is 0 Å². The lowest BCUT2D eigenvalue weighted by molar-refractivity contribution is 1.20. The van der Waals surface area contributed by atoms with Crippen LogP contribution in [0, 0.1) is 13.8 Å². The van der Waals surface area contributed by atoms with E-state index in [1.54, 1.807) is 6.33 Å². The van der Waals surface area contributed by atoms with E-state index < -0.39 is 0 Å². The van der Waals surface area contributed by atoms with E-state index in [0.717, 1.165) is 10.9 Å². The first-order valence-electron chi connectivity index (χ1n) is 3.95. The average Bonchev–Trinajstić information content (AvgIpc) is 2.12. The second-order valence-corrected chi connectivity index (χ2v) is 2.97. The number of aromatic nitrogens is 2. The molecule has 0 aliphatic rings. The summed E-state index contributed by atoms with van der Waals surface area (Å²) in [5.74, 6) is 0. The molecule has 0 amide bonds. The second-order valence-electron chi connectivity index (χ2n) is 2.97. The molecule has 0 unspecified atom stereocenters. The van der Waals surface area contributed by atoms with E-state index in [1.165, 1.54) is 11.1 Å². The molecular weight excluding hydrogens is 148 g/mol. The Balaban J connectivity index is 2.91. The highest BCUT2D eigenvalue weighted by molar-refractivity contribution is 5.81. The van der Waals surface area contributed by atoms with Crippen LogP contribution >= 0.6 is 0 Å². The van der Waals surface area contributed by atoms with Crippen LogP contribution in [0.1, 0.15) is 11.1 Å². The summed E-state index contributed by atoms with van der Waals surface area (Å²) in [5, 5.41) is 1.11. The molecule has 0 bridgehead atoms. The Morgan fingerprint density at radius 2 is 2.00 bits per heavy atom. The van der Waals surface area contributed by atoms with Gasteiger partial charge in [-0.05, 0) is 25.0 Å². The molecule has 0 aliphatic heterocycles. The van der Waals surface area contributed by atoms with Crippen LogP contribution in [0.3, 0.4) is 0 Å². The highest BCUT2D eigenvalue weighted by Crippen LogP contribution is 2.17. The zero-order chi connectivity index (χ0) is 8.55. The van der Waals surface area contributed by atoms with Crippen LogP contribution in [-0.4, -0.2) is 9.97 Å². The lowest BCUT2D eigenvalue weighted by Crippen LogP contribution is -1.87. The number of benzene rings is 1. The molecule has 1 heterocycles. The van der Waals surface area contributed by atoms with E-state index in [0.29, 0.717) is 0 Å². The van der Waals surface area contributed by atoms with E-state index >= 15 is 0 Å². The summed E-state index contributed by atoms with van der Waals surface area (Å²) < 4.78 is 0. The molecule has 12 heavy (non-hydrogen) atoms. The molecule has 2 rings (SSSR count). The van der Waals surface area contributed by atoms with Gasteiger partial charge in [0.25, 0.3) is 0 Å². The standard InChI is InChI=1S/C10H10N2/c1-7-3-4-9-5-11-6-12-10(9)8(7)2/h3-6H,1-2H3. The Kier molecular flexibility index (Phi) is 1.54. The highest BCUT2D eigenvalue weighted by atomic mass is 14.8. The summed E-state index contributed by atoms with van der Waals surface area (Å²) >= 11 is 0. The smallest absolute Gasteiger partial charge is 0.116 e. The van der Waals surface area contributed by atoms with E-state index in [2.05, 4.69) is 35.9 Å². The molecule has 2 nitrogen and oxygen atoms in total. The number of aryl methyl sites for hydroxylation is 2. The summed E-state index contributed by atoms with van der Waals surface area (Å²) in [6, 6.07) is 4.15. The van der Waals surface area contributed by atoms with Crippen LogP contribution in [0.25, 0.3) is 10.9 Å². The van der Waals surface area contributed by atoms with Gasteiger partial charge in [-0.15, -0.1) is 0 Å². The Labute approximate surface area is 71.3 Å². The fourth-order valence-electron chi connectivity index (χ4n) is 1.30. The minimum atomic E-state index is 1.06. The maximum Gasteiger partial charge on any atom is 0.116 e. The van der Waals surface area contributed by atoms with Gasteiger partial charge in [0.15, 0.2) is 0 Å². The van der Waals surface area contributed by atoms with E-state index in [4.69, 9.17) is 0 Å². The van der Waals surface area contributed by atoms with Crippen LogP contribution in [0.4, 0.5) is 0 Å². The Morgan fingerprint density at radius 1 is 1.17 bits per heavy atom. The van der Waals surface area contributed by atoms with E-state index in [1.807, 2.05) is 6.20 Å². The minimum Gasteiger partial charge on any atom is -0.244 e. The minimum absolute atomic E-state index is 1.06. The van der Waals surface area contributed by atoms with Crippen molar-refractivity contribution in [2.24, 2.45) is 0 Å². The van der Waals surface area contributed by atoms with Gasteiger partial charge in [0.05, 0.1) is 5.52 Å². The SMILES string of the molecule is Cc1ccc2cncnc2c1C. The van der Waals surface area contributed by atoms with Crippen molar-refractivity contribution in [2.45, 2.75) is 13.8 Å². The van der Waals surface area contributed by atoms with Gasteiger partial charge in [0, 0.05) is 11.6 Å². The fourth-order valence-corrected chi connectivity index (χ4v) is 1.30. The number of hydrogen-bond donors (Lipinski definition) is 0. The number of fused-ring (bicyclic) bond motifs is 1. The summed E-state index contributed by atoms with van der Waals surface area (Å²) in [7, 11) is 0. The molecule has 0 radical (unpaired) electrons. The Hall–Kier alpha value is -1.44. The number of rotatable bonds is 0. The van der Waals surface area contributed by atoms with Crippen molar-refractivity contribution < 1.29 is 0 Å². The monoisotopic (exact) mass is 158 g/mol. The topological polar surface area (TPSA) is 25.8 Å². The van der Waals surface area contributed by atoms with Crippen molar-refractivity contribution in [3.05, 3.63) is 35.8 Å². The summed E-state index contributed by atoms with van der Waals surface area (Å²) in [6.45, 7) is 4.18. The van der Waals surface area contributed by atoms with Gasteiger partial charge >= 0.3 is 0 Å². The fraction of sp³-hybridized carbons (Fsp3) is 0.200. The molecule has 60 valence electrons. The second kappa shape index (κ2) is 2.55. The third kappa shape index (κ3) is 0.961. The lowest BCUT2D eigenvalue weighted by atomic mass is 10.1. The third-order valence-electron chi connectivity index (χ3n) is 2.20. The van der Waals surface area contributed by atoms with Crippen LogP contribution in [0.15, 0.2) is 24.7 Å². The third-order valence-corrected chi connectivity index (χ3v) is 2.20. The molecule has 0 N–H and O–H groups in total. The first-order chi connectivity index (χ1) is 5.79. The molecule has 1 aromatic heterocycles. The summed E-state index contributed by atoms with van der Waals surface area (Å²) in [6.07, 6.45) is 3.43. The van der Waals surface area contributed by atoms with Gasteiger partial charge < -0.3 is 0 Å². The molecule has 2 heteroatoms. The normalized spacial score (nSPS) is 10.5. The van der Waals surface area contributed by atoms with Crippen molar-refractivity contribution in [1.29, 1.82) is 0 Å². The molecule has 0 fully saturated rings. The van der Waals surface area contributed by atoms with Crippen molar-refractivity contribution in [2.75, 3.05) is 0 Å². The van der Waals surface area contributed by atoms with E-state index in [-0.39, 0.29) is 0 Å². The highest BCUT2D eigenvalue weighted by Gasteiger charge is 1.99. The Morgan fingerprint density at radius 3 is 2.83 bits per heavy atom. The molecule has 0 spiro atoms. The first kappa shape index (κ1) is 7.22. The first-order valence-corrected chi connectivity index (χ1v) is 3.95. The molecule has 0 aliphatic carbocycles. The van der Waals surface area contributed by atoms with Crippen molar-refractivity contribution >= 4 is 10.9 Å². The average molecular weight is 158 g/mol. The number of hydrogen-bond acceptors (Lipinski definition) is 2. The zero-order valence-electron chi connectivity index (χ0n) is 7.20. The van der Waals surface area contributed by atoms with Crippen LogP contribution in [0.5, 0.6) is 0 Å². The molecular formula is C10H10N2. The Bertz CT molecular complexity index is 421. The summed E-state index contributed by atoms with van der Waals surface area (Å²) in [5.41, 5.74) is 3.58. The van der Waals surface area contributed by atoms with E-state index in [9.17, 15) is 0 Å². The van der Waals surface area contributed by atoms with Crippen molar-refractivity contribution in [3.63, 3.8) is 0 Å². The van der Waals surface area contributed by atoms with Gasteiger partial charge in [0.1, 0.15) is 6.33 Å². The molecule has 0 atom stereocenters. The summed E-state index contributed by atoms with van der Waals surface area (Å²) in [4.78, 5) is 8.20. The maximum atomic E-state index is 4.23. The van der Waals surface area contributed by atoms with Crippen LogP contribution in [-0.2, 0) is 0 Å². The van der Waals surface area contributed by atoms with Gasteiger partial charge in [-0.25, -0.2) is 9.97 Å². The van der Waals surface area contributed by atoms with Gasteiger partial charge in [0.2, 0.25) is 0 Å². The molecule has 0 saturated carbocycles. The lowest BCUT2D eigenvalue weighted by Gasteiger charge is -2.02. The van der Waals surface area contributed by atoms with Crippen molar-refractivity contribution in [3.8, 4) is 0 Å². The van der Waals surface area contributed by atoms with Gasteiger partial charge in [-0.2, -0.15) is 0 Å². The quantitative estimate of drug-likeness (QED) is 0.587. The van der Waals surface area contributed by atoms with Crippen LogP contribution < -0.4 is 0 Å². The predicted octanol–water partition coefficient (Wildman–Crippen LogP) is 2.25. The van der Waals surface area contributed by atoms with Gasteiger partial charge in [-0.3, -0.25) is 0 Å². The largest absolute Gasteiger partial charge is 0.244 e. The van der Waals surface area contributed by atoms with Gasteiger partial charge in [-0.1, -0.05) is 12.1 Å². The molecule has 0 saturated heterocycles. The molecule has 2 aromatic rings. The van der Waals surface area contributed by atoms with Crippen molar-refractivity contribution in [1.82, 2.24) is 9.97 Å². The number of nitrogens with zero attached hydrogens (tertiary/aromatic N) is 2. The predicted molar refractivity (Wildman–Crippen MR) is 49.0 cm³/mol. The maximum absolute atomic E-state index is 4.23.